The lowest BCUT2D eigenvalue weighted by Crippen LogP contribution is -2.13. The molecule has 0 radical (unpaired) electrons. The molecule has 0 aliphatic heterocycles. The van der Waals surface area contributed by atoms with Gasteiger partial charge in [-0.1, -0.05) is 30.7 Å². The lowest BCUT2D eigenvalue weighted by Gasteiger charge is -2.08. The summed E-state index contributed by atoms with van der Waals surface area (Å²) in [5.74, 6) is -0.157. The van der Waals surface area contributed by atoms with Gasteiger partial charge in [-0.25, -0.2) is 0 Å². The molecule has 138 valence electrons. The number of halogens is 1. The van der Waals surface area contributed by atoms with Crippen molar-refractivity contribution in [1.29, 1.82) is 5.26 Å². The molecule has 1 N–H and O–H groups in total. The fraction of sp³-hybridized carbons (Fsp3) is 0.158. The second-order valence-corrected chi connectivity index (χ2v) is 5.88. The highest BCUT2D eigenvalue weighted by atomic mass is 35.5. The number of benzene rings is 2. The Bertz CT molecular complexity index is 935. The van der Waals surface area contributed by atoms with Gasteiger partial charge in [0.05, 0.1) is 16.6 Å². The van der Waals surface area contributed by atoms with Crippen molar-refractivity contribution in [2.24, 2.45) is 0 Å². The number of hydrogen-bond acceptors (Lipinski definition) is 5. The quantitative estimate of drug-likeness (QED) is 0.325. The number of hydrogen-bond donors (Lipinski definition) is 1. The summed E-state index contributed by atoms with van der Waals surface area (Å²) in [5.41, 5.74) is 0.441. The van der Waals surface area contributed by atoms with Gasteiger partial charge in [-0.05, 0) is 36.3 Å². The minimum absolute atomic E-state index is 0.162. The maximum atomic E-state index is 12.3. The standard InChI is InChI=1S/C19H16ClN3O4/c1-2-8-27-18-7-6-13(10-17(18)20)9-14(12-21)19(24)22-15-4-3-5-16(11-15)23(25)26/h3-7,9-11H,2,8H2,1H3,(H,22,24)/b14-9+. The van der Waals surface area contributed by atoms with E-state index in [0.29, 0.717) is 22.9 Å². The molecule has 0 aliphatic carbocycles. The molecule has 0 bridgehead atoms. The molecule has 0 fully saturated rings. The van der Waals surface area contributed by atoms with Crippen LogP contribution in [0.4, 0.5) is 11.4 Å². The Hall–Kier alpha value is -3.37. The number of carbonyl (C=O) groups excluding carboxylic acids is 1. The van der Waals surface area contributed by atoms with E-state index in [9.17, 15) is 20.2 Å². The first-order valence-corrected chi connectivity index (χ1v) is 8.42. The Balaban J connectivity index is 2.19. The summed E-state index contributed by atoms with van der Waals surface area (Å²) >= 11 is 6.15. The lowest BCUT2D eigenvalue weighted by atomic mass is 10.1. The predicted octanol–water partition coefficient (Wildman–Crippen LogP) is 4.58. The maximum Gasteiger partial charge on any atom is 0.271 e. The van der Waals surface area contributed by atoms with E-state index in [1.54, 1.807) is 18.2 Å². The summed E-state index contributed by atoms with van der Waals surface area (Å²) in [6.07, 6.45) is 2.22. The molecule has 0 spiro atoms. The number of carbonyl (C=O) groups is 1. The molecule has 2 rings (SSSR count). The third-order valence-corrected chi connectivity index (χ3v) is 3.70. The monoisotopic (exact) mass is 385 g/mol. The molecule has 2 aromatic carbocycles. The largest absolute Gasteiger partial charge is 0.492 e. The predicted molar refractivity (Wildman–Crippen MR) is 103 cm³/mol. The molecule has 0 unspecified atom stereocenters. The number of amides is 1. The first-order valence-electron chi connectivity index (χ1n) is 8.04. The van der Waals surface area contributed by atoms with Crippen molar-refractivity contribution in [2.75, 3.05) is 11.9 Å². The van der Waals surface area contributed by atoms with Crippen molar-refractivity contribution in [3.05, 3.63) is 68.7 Å². The fourth-order valence-electron chi connectivity index (χ4n) is 2.15. The van der Waals surface area contributed by atoms with Crippen LogP contribution in [0.3, 0.4) is 0 Å². The van der Waals surface area contributed by atoms with Crippen molar-refractivity contribution >= 4 is 35.0 Å². The van der Waals surface area contributed by atoms with Crippen LogP contribution in [0.1, 0.15) is 18.9 Å². The normalized spacial score (nSPS) is 10.8. The van der Waals surface area contributed by atoms with Crippen molar-refractivity contribution in [3.8, 4) is 11.8 Å². The number of anilines is 1. The van der Waals surface area contributed by atoms with Crippen LogP contribution in [0.2, 0.25) is 5.02 Å². The molecule has 2 aromatic rings. The molecule has 0 aromatic heterocycles. The molecular formula is C19H16ClN3O4. The SMILES string of the molecule is CCCOc1ccc(/C=C(\C#N)C(=O)Nc2cccc([N+](=O)[O-])c2)cc1Cl. The van der Waals surface area contributed by atoms with Crippen LogP contribution < -0.4 is 10.1 Å². The van der Waals surface area contributed by atoms with E-state index in [0.717, 1.165) is 6.42 Å². The summed E-state index contributed by atoms with van der Waals surface area (Å²) in [6.45, 7) is 2.51. The summed E-state index contributed by atoms with van der Waals surface area (Å²) in [7, 11) is 0. The number of non-ortho nitro benzene ring substituents is 1. The highest BCUT2D eigenvalue weighted by Gasteiger charge is 2.12. The zero-order valence-electron chi connectivity index (χ0n) is 14.4. The fourth-order valence-corrected chi connectivity index (χ4v) is 2.39. The highest BCUT2D eigenvalue weighted by Crippen LogP contribution is 2.27. The average molecular weight is 386 g/mol. The number of nitrogens with one attached hydrogen (secondary N) is 1. The Morgan fingerprint density at radius 2 is 2.15 bits per heavy atom. The van der Waals surface area contributed by atoms with E-state index in [-0.39, 0.29) is 16.9 Å². The highest BCUT2D eigenvalue weighted by molar-refractivity contribution is 6.32. The van der Waals surface area contributed by atoms with E-state index in [1.807, 2.05) is 13.0 Å². The van der Waals surface area contributed by atoms with Gasteiger partial charge in [0, 0.05) is 17.8 Å². The minimum Gasteiger partial charge on any atom is -0.492 e. The van der Waals surface area contributed by atoms with Gasteiger partial charge < -0.3 is 10.1 Å². The molecule has 0 saturated carbocycles. The van der Waals surface area contributed by atoms with Gasteiger partial charge in [0.15, 0.2) is 0 Å². The van der Waals surface area contributed by atoms with Gasteiger partial charge in [-0.2, -0.15) is 5.26 Å². The zero-order chi connectivity index (χ0) is 19.8. The Labute approximate surface area is 161 Å². The van der Waals surface area contributed by atoms with Crippen molar-refractivity contribution in [2.45, 2.75) is 13.3 Å². The lowest BCUT2D eigenvalue weighted by molar-refractivity contribution is -0.384. The van der Waals surface area contributed by atoms with Gasteiger partial charge >= 0.3 is 0 Å². The van der Waals surface area contributed by atoms with Gasteiger partial charge in [0.2, 0.25) is 0 Å². The van der Waals surface area contributed by atoms with Crippen molar-refractivity contribution < 1.29 is 14.5 Å². The van der Waals surface area contributed by atoms with Crippen LogP contribution in [0.5, 0.6) is 5.75 Å². The van der Waals surface area contributed by atoms with Crippen LogP contribution in [0.15, 0.2) is 48.0 Å². The van der Waals surface area contributed by atoms with Crippen molar-refractivity contribution in [3.63, 3.8) is 0 Å². The number of nitro benzene ring substituents is 1. The van der Waals surface area contributed by atoms with E-state index < -0.39 is 10.8 Å². The number of rotatable bonds is 7. The van der Waals surface area contributed by atoms with E-state index in [2.05, 4.69) is 5.32 Å². The number of nitro groups is 1. The molecular weight excluding hydrogens is 370 g/mol. The van der Waals surface area contributed by atoms with Crippen LogP contribution >= 0.6 is 11.6 Å². The smallest absolute Gasteiger partial charge is 0.271 e. The second kappa shape index (κ2) is 9.36. The summed E-state index contributed by atoms with van der Waals surface area (Å²) in [5, 5.41) is 22.9. The summed E-state index contributed by atoms with van der Waals surface area (Å²) < 4.78 is 5.48. The summed E-state index contributed by atoms with van der Waals surface area (Å²) in [4.78, 5) is 22.5. The Kier molecular flexibility index (Phi) is 6.92. The molecule has 0 aliphatic rings. The van der Waals surface area contributed by atoms with E-state index >= 15 is 0 Å². The van der Waals surface area contributed by atoms with Crippen LogP contribution in [-0.4, -0.2) is 17.4 Å². The van der Waals surface area contributed by atoms with Gasteiger partial charge in [0.25, 0.3) is 11.6 Å². The third-order valence-electron chi connectivity index (χ3n) is 3.41. The van der Waals surface area contributed by atoms with Crippen LogP contribution in [0, 0.1) is 21.4 Å². The molecule has 7 nitrogen and oxygen atoms in total. The third kappa shape index (κ3) is 5.56. The zero-order valence-corrected chi connectivity index (χ0v) is 15.2. The number of nitriles is 1. The molecule has 8 heteroatoms. The maximum absolute atomic E-state index is 12.3. The first kappa shape index (κ1) is 19.9. The Morgan fingerprint density at radius 3 is 2.78 bits per heavy atom. The topological polar surface area (TPSA) is 105 Å². The van der Waals surface area contributed by atoms with Gasteiger partial charge in [-0.3, -0.25) is 14.9 Å². The summed E-state index contributed by atoms with van der Waals surface area (Å²) in [6, 6.07) is 12.2. The number of ether oxygens (including phenoxy) is 1. The average Bonchev–Trinajstić information content (AvgIpc) is 2.65. The number of nitrogens with zero attached hydrogens (tertiary/aromatic N) is 2. The molecule has 1 amide bonds. The minimum atomic E-state index is -0.680. The molecule has 27 heavy (non-hydrogen) atoms. The van der Waals surface area contributed by atoms with E-state index in [1.165, 1.54) is 30.3 Å². The van der Waals surface area contributed by atoms with Crippen molar-refractivity contribution in [1.82, 2.24) is 0 Å². The molecule has 0 atom stereocenters. The Morgan fingerprint density at radius 1 is 1.37 bits per heavy atom. The van der Waals surface area contributed by atoms with Crippen LogP contribution in [-0.2, 0) is 4.79 Å². The second-order valence-electron chi connectivity index (χ2n) is 5.47. The molecule has 0 saturated heterocycles. The molecule has 0 heterocycles. The van der Waals surface area contributed by atoms with E-state index in [4.69, 9.17) is 16.3 Å². The first-order chi connectivity index (χ1) is 12.9. The van der Waals surface area contributed by atoms with Gasteiger partial charge in [0.1, 0.15) is 17.4 Å². The van der Waals surface area contributed by atoms with Crippen LogP contribution in [0.25, 0.3) is 6.08 Å². The van der Waals surface area contributed by atoms with Gasteiger partial charge in [-0.15, -0.1) is 0 Å².